The van der Waals surface area contributed by atoms with Crippen molar-refractivity contribution in [1.29, 1.82) is 0 Å². The number of ether oxygens (including phenoxy) is 2. The first-order valence-electron chi connectivity index (χ1n) is 9.02. The van der Waals surface area contributed by atoms with Crippen LogP contribution >= 0.6 is 0 Å². The number of carbonyl (C=O) groups is 1. The van der Waals surface area contributed by atoms with Crippen LogP contribution in [-0.2, 0) is 4.79 Å². The van der Waals surface area contributed by atoms with Crippen molar-refractivity contribution in [2.75, 3.05) is 25.7 Å². The smallest absolute Gasteiger partial charge is 0.232 e. The van der Waals surface area contributed by atoms with Crippen molar-refractivity contribution in [3.63, 3.8) is 0 Å². The maximum atomic E-state index is 12.5. The molecule has 3 aromatic rings. The molecule has 0 aliphatic carbocycles. The molecule has 4 rings (SSSR count). The van der Waals surface area contributed by atoms with Gasteiger partial charge in [0.1, 0.15) is 0 Å². The maximum absolute atomic E-state index is 12.5. The van der Waals surface area contributed by atoms with Gasteiger partial charge in [-0.05, 0) is 31.2 Å². The molecule has 0 bridgehead atoms. The van der Waals surface area contributed by atoms with Gasteiger partial charge in [-0.15, -0.1) is 0 Å². The van der Waals surface area contributed by atoms with E-state index in [1.165, 1.54) is 0 Å². The van der Waals surface area contributed by atoms with Gasteiger partial charge in [0.2, 0.25) is 17.6 Å². The second kappa shape index (κ2) is 7.34. The summed E-state index contributed by atoms with van der Waals surface area (Å²) in [5.41, 5.74) is 2.71. The quantitative estimate of drug-likeness (QED) is 0.674. The average Bonchev–Trinajstić information content (AvgIpc) is 3.35. The topological polar surface area (TPSA) is 77.7 Å². The lowest BCUT2D eigenvalue weighted by atomic mass is 10.1. The van der Waals surface area contributed by atoms with E-state index < -0.39 is 0 Å². The Bertz CT molecular complexity index is 997. The summed E-state index contributed by atoms with van der Waals surface area (Å²) in [6.45, 7) is 2.53. The van der Waals surface area contributed by atoms with E-state index in [9.17, 15) is 4.79 Å². The second-order valence-corrected chi connectivity index (χ2v) is 6.74. The Hall–Kier alpha value is -3.35. The highest BCUT2D eigenvalue weighted by Gasteiger charge is 2.35. The van der Waals surface area contributed by atoms with Crippen molar-refractivity contribution in [3.8, 4) is 22.9 Å². The van der Waals surface area contributed by atoms with E-state index in [-0.39, 0.29) is 11.8 Å². The zero-order valence-corrected chi connectivity index (χ0v) is 16.0. The summed E-state index contributed by atoms with van der Waals surface area (Å²) in [5.74, 6) is 1.89. The van der Waals surface area contributed by atoms with E-state index in [1.807, 2.05) is 43.3 Å². The highest BCUT2D eigenvalue weighted by atomic mass is 16.5. The van der Waals surface area contributed by atoms with Gasteiger partial charge in [0, 0.05) is 18.7 Å². The predicted octanol–water partition coefficient (Wildman–Crippen LogP) is 3.58. The Morgan fingerprint density at radius 1 is 1.11 bits per heavy atom. The van der Waals surface area contributed by atoms with Crippen LogP contribution in [0, 0.1) is 6.92 Å². The van der Waals surface area contributed by atoms with Crippen LogP contribution < -0.4 is 14.4 Å². The molecular formula is C21H21N3O4. The zero-order chi connectivity index (χ0) is 19.7. The molecular weight excluding hydrogens is 358 g/mol. The molecule has 144 valence electrons. The van der Waals surface area contributed by atoms with Gasteiger partial charge in [-0.25, -0.2) is 0 Å². The first-order valence-corrected chi connectivity index (χ1v) is 9.02. The molecule has 1 atom stereocenters. The summed E-state index contributed by atoms with van der Waals surface area (Å²) in [6.07, 6.45) is 0.338. The van der Waals surface area contributed by atoms with Crippen molar-refractivity contribution in [2.45, 2.75) is 19.3 Å². The van der Waals surface area contributed by atoms with Crippen molar-refractivity contribution in [1.82, 2.24) is 10.1 Å². The molecule has 1 aromatic heterocycles. The Morgan fingerprint density at radius 2 is 1.89 bits per heavy atom. The number of benzene rings is 2. The number of anilines is 1. The van der Waals surface area contributed by atoms with Crippen molar-refractivity contribution in [3.05, 3.63) is 53.9 Å². The maximum Gasteiger partial charge on any atom is 0.232 e. The Kier molecular flexibility index (Phi) is 4.73. The Labute approximate surface area is 162 Å². The third-order valence-corrected chi connectivity index (χ3v) is 4.91. The van der Waals surface area contributed by atoms with Crippen molar-refractivity contribution in [2.24, 2.45) is 0 Å². The standard InChI is InChI=1S/C21H21N3O4/c1-13-7-9-15(10-8-13)24-12-14(11-18(24)25)21-22-20(23-28-21)16-5-4-6-17(26-2)19(16)27-3/h4-10,14H,11-12H2,1-3H3/t14-/m0/s1. The molecule has 1 amide bonds. The molecule has 2 heterocycles. The number of aromatic nitrogens is 2. The summed E-state index contributed by atoms with van der Waals surface area (Å²) >= 11 is 0. The van der Waals surface area contributed by atoms with Crippen molar-refractivity contribution >= 4 is 11.6 Å². The Morgan fingerprint density at radius 3 is 2.61 bits per heavy atom. The van der Waals surface area contributed by atoms with Gasteiger partial charge in [0.15, 0.2) is 11.5 Å². The van der Waals surface area contributed by atoms with Gasteiger partial charge in [-0.1, -0.05) is 28.9 Å². The lowest BCUT2D eigenvalue weighted by Crippen LogP contribution is -2.24. The molecule has 1 saturated heterocycles. The summed E-state index contributed by atoms with van der Waals surface area (Å²) in [6, 6.07) is 13.4. The number of hydrogen-bond donors (Lipinski definition) is 0. The zero-order valence-electron chi connectivity index (χ0n) is 16.0. The molecule has 0 radical (unpaired) electrons. The van der Waals surface area contributed by atoms with Crippen molar-refractivity contribution < 1.29 is 18.8 Å². The van der Waals surface area contributed by atoms with E-state index in [2.05, 4.69) is 10.1 Å². The van der Waals surface area contributed by atoms with Gasteiger partial charge >= 0.3 is 0 Å². The Balaban J connectivity index is 1.59. The number of para-hydroxylation sites is 1. The number of amides is 1. The highest BCUT2D eigenvalue weighted by molar-refractivity contribution is 5.96. The molecule has 7 nitrogen and oxygen atoms in total. The molecule has 1 aliphatic rings. The van der Waals surface area contributed by atoms with Gasteiger partial charge in [-0.2, -0.15) is 4.98 Å². The van der Waals surface area contributed by atoms with E-state index in [0.717, 1.165) is 11.3 Å². The fraction of sp³-hybridized carbons (Fsp3) is 0.286. The van der Waals surface area contributed by atoms with Gasteiger partial charge in [0.25, 0.3) is 0 Å². The van der Waals surface area contributed by atoms with E-state index in [4.69, 9.17) is 14.0 Å². The SMILES string of the molecule is COc1cccc(-c2noc([C@H]3CC(=O)N(c4ccc(C)cc4)C3)n2)c1OC. The number of carbonyl (C=O) groups excluding carboxylic acids is 1. The second-order valence-electron chi connectivity index (χ2n) is 6.74. The van der Waals surface area contributed by atoms with Crippen LogP contribution in [-0.4, -0.2) is 36.8 Å². The number of nitrogens with zero attached hydrogens (tertiary/aromatic N) is 3. The summed E-state index contributed by atoms with van der Waals surface area (Å²) < 4.78 is 16.3. The van der Waals surface area contributed by atoms with Gasteiger partial charge < -0.3 is 18.9 Å². The first-order chi connectivity index (χ1) is 13.6. The van der Waals surface area contributed by atoms with Gasteiger partial charge in [0.05, 0.1) is 25.7 Å². The third-order valence-electron chi connectivity index (χ3n) is 4.91. The molecule has 2 aromatic carbocycles. The molecule has 1 aliphatic heterocycles. The highest BCUT2D eigenvalue weighted by Crippen LogP contribution is 2.38. The monoisotopic (exact) mass is 379 g/mol. The normalized spacial score (nSPS) is 16.5. The van der Waals surface area contributed by atoms with Crippen LogP contribution in [0.1, 0.15) is 23.8 Å². The first kappa shape index (κ1) is 18.0. The average molecular weight is 379 g/mol. The molecule has 0 saturated carbocycles. The van der Waals surface area contributed by atoms with E-state index in [0.29, 0.717) is 41.7 Å². The summed E-state index contributed by atoms with van der Waals surface area (Å²) in [7, 11) is 3.14. The molecule has 28 heavy (non-hydrogen) atoms. The number of methoxy groups -OCH3 is 2. The van der Waals surface area contributed by atoms with Crippen LogP contribution in [0.15, 0.2) is 47.0 Å². The minimum Gasteiger partial charge on any atom is -0.493 e. The van der Waals surface area contributed by atoms with E-state index >= 15 is 0 Å². The van der Waals surface area contributed by atoms with Gasteiger partial charge in [-0.3, -0.25) is 4.79 Å². The molecule has 0 unspecified atom stereocenters. The minimum atomic E-state index is -0.147. The van der Waals surface area contributed by atoms with Crippen LogP contribution in [0.3, 0.4) is 0 Å². The molecule has 7 heteroatoms. The molecule has 1 fully saturated rings. The number of aryl methyl sites for hydroxylation is 1. The van der Waals surface area contributed by atoms with Crippen LogP contribution in [0.25, 0.3) is 11.4 Å². The lowest BCUT2D eigenvalue weighted by Gasteiger charge is -2.16. The third kappa shape index (κ3) is 3.19. The summed E-state index contributed by atoms with van der Waals surface area (Å²) in [5, 5.41) is 4.10. The molecule has 0 N–H and O–H groups in total. The fourth-order valence-corrected chi connectivity index (χ4v) is 3.42. The number of rotatable bonds is 5. The lowest BCUT2D eigenvalue weighted by molar-refractivity contribution is -0.117. The fourth-order valence-electron chi connectivity index (χ4n) is 3.42. The van der Waals surface area contributed by atoms with Crippen LogP contribution in [0.5, 0.6) is 11.5 Å². The molecule has 0 spiro atoms. The van der Waals surface area contributed by atoms with Crippen LogP contribution in [0.4, 0.5) is 5.69 Å². The largest absolute Gasteiger partial charge is 0.493 e. The summed E-state index contributed by atoms with van der Waals surface area (Å²) in [4.78, 5) is 18.8. The van der Waals surface area contributed by atoms with E-state index in [1.54, 1.807) is 25.2 Å². The van der Waals surface area contributed by atoms with Crippen LogP contribution in [0.2, 0.25) is 0 Å². The minimum absolute atomic E-state index is 0.0487. The predicted molar refractivity (Wildman–Crippen MR) is 104 cm³/mol. The number of hydrogen-bond acceptors (Lipinski definition) is 6.